The Bertz CT molecular complexity index is 576. The summed E-state index contributed by atoms with van der Waals surface area (Å²) in [6.45, 7) is 2.07. The van der Waals surface area contributed by atoms with Crippen molar-refractivity contribution >= 4 is 11.8 Å². The van der Waals surface area contributed by atoms with Crippen molar-refractivity contribution in [2.45, 2.75) is 18.6 Å². The van der Waals surface area contributed by atoms with Gasteiger partial charge in [-0.05, 0) is 43.3 Å². The van der Waals surface area contributed by atoms with Gasteiger partial charge in [0.25, 0.3) is 0 Å². The molecule has 0 aromatic heterocycles. The van der Waals surface area contributed by atoms with Gasteiger partial charge in [-0.25, -0.2) is 0 Å². The molecule has 1 aromatic rings. The lowest BCUT2D eigenvalue weighted by molar-refractivity contribution is 1.05. The fourth-order valence-electron chi connectivity index (χ4n) is 1.63. The number of hydrogen-bond donors (Lipinski definition) is 0. The molecule has 2 heteroatoms. The maximum absolute atomic E-state index is 8.59. The maximum Gasteiger partial charge on any atom is 0.133 e. The molecule has 18 heavy (non-hydrogen) atoms. The number of thiocyanates is 1. The molecule has 0 amide bonds. The summed E-state index contributed by atoms with van der Waals surface area (Å²) in [5.41, 5.74) is 3.31. The molecule has 0 aliphatic heterocycles. The van der Waals surface area contributed by atoms with Gasteiger partial charge in [0.05, 0.1) is 0 Å². The molecule has 0 spiro atoms. The maximum atomic E-state index is 8.59. The highest BCUT2D eigenvalue weighted by Crippen LogP contribution is 2.20. The molecule has 1 nitrogen and oxygen atoms in total. The number of rotatable bonds is 1. The Morgan fingerprint density at radius 2 is 2.00 bits per heavy atom. The number of aryl methyl sites for hydroxylation is 1. The van der Waals surface area contributed by atoms with Crippen molar-refractivity contribution in [3.63, 3.8) is 0 Å². The summed E-state index contributed by atoms with van der Waals surface area (Å²) in [5.74, 6) is 6.30. The van der Waals surface area contributed by atoms with Crippen LogP contribution in [-0.2, 0) is 0 Å². The highest BCUT2D eigenvalue weighted by atomic mass is 32.2. The topological polar surface area (TPSA) is 23.8 Å². The summed E-state index contributed by atoms with van der Waals surface area (Å²) in [6, 6.07) is 8.19. The third-order valence-corrected chi connectivity index (χ3v) is 3.43. The molecule has 0 N–H and O–H groups in total. The lowest BCUT2D eigenvalue weighted by atomic mass is 10.1. The lowest BCUT2D eigenvalue weighted by Crippen LogP contribution is -1.99. The van der Waals surface area contributed by atoms with E-state index in [1.807, 2.05) is 24.3 Å². The minimum absolute atomic E-state index is 0.278. The molecular weight excluding hydrogens is 238 g/mol. The van der Waals surface area contributed by atoms with Crippen molar-refractivity contribution in [2.75, 3.05) is 0 Å². The van der Waals surface area contributed by atoms with Crippen LogP contribution in [0.3, 0.4) is 0 Å². The van der Waals surface area contributed by atoms with Crippen molar-refractivity contribution in [3.05, 3.63) is 59.2 Å². The molecule has 1 aliphatic carbocycles. The van der Waals surface area contributed by atoms with Gasteiger partial charge in [0.1, 0.15) is 5.40 Å². The normalized spacial score (nSPS) is 17.3. The van der Waals surface area contributed by atoms with Gasteiger partial charge in [0.2, 0.25) is 0 Å². The summed E-state index contributed by atoms with van der Waals surface area (Å²) in [5, 5.41) is 11.0. The van der Waals surface area contributed by atoms with E-state index < -0.39 is 0 Å². The van der Waals surface area contributed by atoms with E-state index in [0.29, 0.717) is 0 Å². The summed E-state index contributed by atoms with van der Waals surface area (Å²) in [4.78, 5) is 0. The van der Waals surface area contributed by atoms with Crippen LogP contribution in [0, 0.1) is 29.4 Å². The number of nitriles is 1. The monoisotopic (exact) mass is 251 g/mol. The van der Waals surface area contributed by atoms with Crippen LogP contribution >= 0.6 is 11.8 Å². The van der Waals surface area contributed by atoms with Crippen molar-refractivity contribution in [2.24, 2.45) is 0 Å². The first-order chi connectivity index (χ1) is 8.78. The number of thioether (sulfide) groups is 1. The van der Waals surface area contributed by atoms with Gasteiger partial charge in [-0.15, -0.1) is 0 Å². The minimum Gasteiger partial charge on any atom is -0.185 e. The predicted octanol–water partition coefficient (Wildman–Crippen LogP) is 3.82. The molecule has 0 saturated carbocycles. The molecule has 1 aromatic carbocycles. The van der Waals surface area contributed by atoms with Gasteiger partial charge in [0, 0.05) is 16.4 Å². The summed E-state index contributed by atoms with van der Waals surface area (Å²) in [7, 11) is 0. The molecule has 0 fully saturated rings. The zero-order chi connectivity index (χ0) is 12.8. The molecule has 1 aliphatic rings. The quantitative estimate of drug-likeness (QED) is 0.559. The Kier molecular flexibility index (Phi) is 4.29. The van der Waals surface area contributed by atoms with Crippen LogP contribution in [0.25, 0.3) is 0 Å². The fraction of sp³-hybridized carbons (Fsp3) is 0.188. The van der Waals surface area contributed by atoms with Gasteiger partial charge in [-0.3, -0.25) is 0 Å². The molecule has 0 heterocycles. The summed E-state index contributed by atoms with van der Waals surface area (Å²) >= 11 is 1.30. The van der Waals surface area contributed by atoms with E-state index in [4.69, 9.17) is 5.26 Å². The van der Waals surface area contributed by atoms with E-state index in [9.17, 15) is 0 Å². The first-order valence-corrected chi connectivity index (χ1v) is 6.67. The number of nitrogens with zero attached hydrogens (tertiary/aromatic N) is 1. The zero-order valence-electron chi connectivity index (χ0n) is 10.2. The molecule has 2 rings (SSSR count). The Morgan fingerprint density at radius 3 is 2.61 bits per heavy atom. The average molecular weight is 251 g/mol. The Hall–Kier alpha value is -1.90. The Labute approximate surface area is 112 Å². The Morgan fingerprint density at radius 1 is 1.22 bits per heavy atom. The molecule has 1 atom stereocenters. The highest BCUT2D eigenvalue weighted by molar-refractivity contribution is 8.04. The summed E-state index contributed by atoms with van der Waals surface area (Å²) < 4.78 is 0. The number of allylic oxidation sites excluding steroid dienone is 3. The first-order valence-electron chi connectivity index (χ1n) is 5.80. The molecule has 0 radical (unpaired) electrons. The van der Waals surface area contributed by atoms with Gasteiger partial charge in [0.15, 0.2) is 0 Å². The second kappa shape index (κ2) is 6.15. The molecular formula is C16H13NS. The predicted molar refractivity (Wildman–Crippen MR) is 76.9 cm³/mol. The largest absolute Gasteiger partial charge is 0.185 e. The highest BCUT2D eigenvalue weighted by Gasteiger charge is 2.07. The fourth-order valence-corrected chi connectivity index (χ4v) is 2.11. The second-order valence-electron chi connectivity index (χ2n) is 4.12. The van der Waals surface area contributed by atoms with Gasteiger partial charge >= 0.3 is 0 Å². The van der Waals surface area contributed by atoms with Crippen LogP contribution in [0.2, 0.25) is 0 Å². The standard InChI is InChI=1S/C16H13NS/c1-13-2-4-14(5-3-13)6-7-15-8-10-16(11-9-15)18-12-17/h2-5,8-10,16H,11H2,1H3. The van der Waals surface area contributed by atoms with Crippen LogP contribution in [-0.4, -0.2) is 5.25 Å². The first kappa shape index (κ1) is 12.6. The molecule has 0 bridgehead atoms. The van der Waals surface area contributed by atoms with Crippen molar-refractivity contribution in [3.8, 4) is 17.2 Å². The minimum atomic E-state index is 0.278. The summed E-state index contributed by atoms with van der Waals surface area (Å²) in [6.07, 6.45) is 7.02. The van der Waals surface area contributed by atoms with E-state index in [-0.39, 0.29) is 5.25 Å². The van der Waals surface area contributed by atoms with Crippen LogP contribution in [0.5, 0.6) is 0 Å². The third-order valence-electron chi connectivity index (χ3n) is 2.67. The number of hydrogen-bond acceptors (Lipinski definition) is 2. The van der Waals surface area contributed by atoms with E-state index >= 15 is 0 Å². The molecule has 0 saturated heterocycles. The van der Waals surface area contributed by atoms with Gasteiger partial charge < -0.3 is 0 Å². The van der Waals surface area contributed by atoms with E-state index in [1.54, 1.807) is 0 Å². The molecule has 1 unspecified atom stereocenters. The van der Waals surface area contributed by atoms with Crippen LogP contribution < -0.4 is 0 Å². The van der Waals surface area contributed by atoms with Crippen LogP contribution in [0.1, 0.15) is 17.5 Å². The SMILES string of the molecule is Cc1ccc(C#CC2=CCC(SC#N)C=C2)cc1. The van der Waals surface area contributed by atoms with Gasteiger partial charge in [-0.1, -0.05) is 41.7 Å². The molecule has 88 valence electrons. The second-order valence-corrected chi connectivity index (χ2v) is 5.14. The van der Waals surface area contributed by atoms with Crippen molar-refractivity contribution in [1.82, 2.24) is 0 Å². The third kappa shape index (κ3) is 3.55. The number of benzene rings is 1. The zero-order valence-corrected chi connectivity index (χ0v) is 11.0. The van der Waals surface area contributed by atoms with Gasteiger partial charge in [-0.2, -0.15) is 5.26 Å². The van der Waals surface area contributed by atoms with Crippen LogP contribution in [0.4, 0.5) is 0 Å². The van der Waals surface area contributed by atoms with E-state index in [1.165, 1.54) is 17.3 Å². The van der Waals surface area contributed by atoms with Crippen molar-refractivity contribution < 1.29 is 0 Å². The lowest BCUT2D eigenvalue weighted by Gasteiger charge is -2.08. The van der Waals surface area contributed by atoms with Crippen molar-refractivity contribution in [1.29, 1.82) is 5.26 Å². The Balaban J connectivity index is 2.02. The van der Waals surface area contributed by atoms with E-state index in [2.05, 4.69) is 42.4 Å². The van der Waals surface area contributed by atoms with Crippen LogP contribution in [0.15, 0.2) is 48.1 Å². The van der Waals surface area contributed by atoms with E-state index in [0.717, 1.165) is 17.6 Å². The smallest absolute Gasteiger partial charge is 0.133 e. The average Bonchev–Trinajstić information content (AvgIpc) is 2.40.